The Morgan fingerprint density at radius 2 is 2.08 bits per heavy atom. The zero-order valence-electron chi connectivity index (χ0n) is 13.3. The molecule has 0 amide bonds. The lowest BCUT2D eigenvalue weighted by molar-refractivity contribution is 0.502. The van der Waals surface area contributed by atoms with Crippen LogP contribution in [0, 0.1) is 11.6 Å². The molecule has 0 radical (unpaired) electrons. The highest BCUT2D eigenvalue weighted by Gasteiger charge is 2.14. The van der Waals surface area contributed by atoms with E-state index in [0.29, 0.717) is 33.0 Å². The second-order valence-electron chi connectivity index (χ2n) is 5.35. The summed E-state index contributed by atoms with van der Waals surface area (Å²) in [6.07, 6.45) is 0. The Balaban J connectivity index is 1.81. The fourth-order valence-corrected chi connectivity index (χ4v) is 3.76. The molecule has 1 atom stereocenters. The van der Waals surface area contributed by atoms with Crippen LogP contribution in [-0.2, 0) is 5.75 Å². The summed E-state index contributed by atoms with van der Waals surface area (Å²) in [5, 5.41) is 4.18. The van der Waals surface area contributed by atoms with Crippen LogP contribution < -0.4 is 16.8 Å². The van der Waals surface area contributed by atoms with Crippen molar-refractivity contribution in [1.82, 2.24) is 15.0 Å². The van der Waals surface area contributed by atoms with Crippen LogP contribution in [-0.4, -0.2) is 27.5 Å². The van der Waals surface area contributed by atoms with E-state index in [0.717, 1.165) is 6.07 Å². The van der Waals surface area contributed by atoms with Crippen molar-refractivity contribution in [3.8, 4) is 0 Å². The van der Waals surface area contributed by atoms with E-state index in [-0.39, 0.29) is 17.4 Å². The van der Waals surface area contributed by atoms with Crippen LogP contribution in [0.4, 0.5) is 19.7 Å². The average Bonchev–Trinajstić information content (AvgIpc) is 2.99. The number of thioether (sulfide) groups is 1. The van der Waals surface area contributed by atoms with Crippen LogP contribution in [0.1, 0.15) is 12.5 Å². The van der Waals surface area contributed by atoms with Crippen molar-refractivity contribution in [1.29, 1.82) is 0 Å². The first kappa shape index (κ1) is 17.8. The monoisotopic (exact) mass is 382 g/mol. The number of aromatic nitrogens is 3. The van der Waals surface area contributed by atoms with Crippen molar-refractivity contribution in [2.24, 2.45) is 5.73 Å². The third-order valence-electron chi connectivity index (χ3n) is 3.37. The average molecular weight is 382 g/mol. The van der Waals surface area contributed by atoms with Gasteiger partial charge in [-0.3, -0.25) is 0 Å². The molecule has 0 saturated heterocycles. The smallest absolute Gasteiger partial charge is 0.191 e. The number of fused-ring (bicyclic) bond motifs is 1. The molecule has 0 spiro atoms. The number of nitrogen functional groups attached to an aromatic ring is 1. The van der Waals surface area contributed by atoms with E-state index in [2.05, 4.69) is 20.3 Å². The first-order valence-corrected chi connectivity index (χ1v) is 9.24. The summed E-state index contributed by atoms with van der Waals surface area (Å²) in [5.41, 5.74) is 12.3. The van der Waals surface area contributed by atoms with E-state index in [1.807, 2.05) is 6.92 Å². The molecule has 132 valence electrons. The number of hydrogen-bond acceptors (Lipinski definition) is 8. The Morgan fingerprint density at radius 3 is 2.84 bits per heavy atom. The second kappa shape index (κ2) is 7.46. The third kappa shape index (κ3) is 3.97. The minimum atomic E-state index is -0.877. The molecular weight excluding hydrogens is 366 g/mol. The molecule has 3 aromatic rings. The van der Waals surface area contributed by atoms with Crippen molar-refractivity contribution < 1.29 is 8.78 Å². The van der Waals surface area contributed by atoms with Crippen molar-refractivity contribution >= 4 is 44.4 Å². The number of nitrogens with two attached hydrogens (primary N) is 2. The number of nitrogens with zero attached hydrogens (tertiary/aromatic N) is 3. The molecule has 0 unspecified atom stereocenters. The first-order chi connectivity index (χ1) is 12.0. The van der Waals surface area contributed by atoms with E-state index in [1.54, 1.807) is 0 Å². The fraction of sp³-hybridized carbons (Fsp3) is 0.267. The van der Waals surface area contributed by atoms with Gasteiger partial charge in [-0.1, -0.05) is 35.2 Å². The maximum Gasteiger partial charge on any atom is 0.191 e. The van der Waals surface area contributed by atoms with Gasteiger partial charge in [-0.15, -0.1) is 0 Å². The molecule has 3 rings (SSSR count). The van der Waals surface area contributed by atoms with Crippen molar-refractivity contribution in [2.75, 3.05) is 17.6 Å². The van der Waals surface area contributed by atoms with E-state index in [9.17, 15) is 8.78 Å². The second-order valence-corrected chi connectivity index (χ2v) is 7.29. The normalized spacial score (nSPS) is 12.5. The maximum atomic E-state index is 13.7. The Hall–Kier alpha value is -2.04. The molecular formula is C15H16F2N6S2. The van der Waals surface area contributed by atoms with Gasteiger partial charge >= 0.3 is 0 Å². The quantitative estimate of drug-likeness (QED) is 0.445. The zero-order valence-corrected chi connectivity index (χ0v) is 14.9. The number of benzene rings is 1. The highest BCUT2D eigenvalue weighted by atomic mass is 32.2. The van der Waals surface area contributed by atoms with Gasteiger partial charge in [-0.2, -0.15) is 4.98 Å². The molecule has 2 aromatic heterocycles. The molecule has 0 fully saturated rings. The van der Waals surface area contributed by atoms with Crippen LogP contribution in [0.2, 0.25) is 0 Å². The van der Waals surface area contributed by atoms with Gasteiger partial charge in [-0.25, -0.2) is 18.7 Å². The summed E-state index contributed by atoms with van der Waals surface area (Å²) in [7, 11) is 0. The van der Waals surface area contributed by atoms with Crippen LogP contribution in [0.3, 0.4) is 0 Å². The number of nitrogens with one attached hydrogen (secondary N) is 1. The van der Waals surface area contributed by atoms with Crippen molar-refractivity contribution in [2.45, 2.75) is 23.9 Å². The minimum Gasteiger partial charge on any atom is -0.382 e. The summed E-state index contributed by atoms with van der Waals surface area (Å²) in [6.45, 7) is 2.41. The van der Waals surface area contributed by atoms with Gasteiger partial charge in [0.05, 0.1) is 0 Å². The minimum absolute atomic E-state index is 0.0690. The highest BCUT2D eigenvalue weighted by Crippen LogP contribution is 2.31. The van der Waals surface area contributed by atoms with Crippen molar-refractivity contribution in [3.63, 3.8) is 0 Å². The number of halogens is 2. The van der Waals surface area contributed by atoms with E-state index in [1.165, 1.54) is 35.2 Å². The van der Waals surface area contributed by atoms with Crippen LogP contribution in [0.5, 0.6) is 0 Å². The lowest BCUT2D eigenvalue weighted by Gasteiger charge is -2.08. The van der Waals surface area contributed by atoms with E-state index >= 15 is 0 Å². The number of anilines is 2. The molecule has 0 aliphatic heterocycles. The topological polar surface area (TPSA) is 103 Å². The summed E-state index contributed by atoms with van der Waals surface area (Å²) in [4.78, 5) is 12.9. The Labute approximate surface area is 151 Å². The summed E-state index contributed by atoms with van der Waals surface area (Å²) >= 11 is 2.52. The van der Waals surface area contributed by atoms with Gasteiger partial charge in [0.15, 0.2) is 27.6 Å². The molecule has 1 aromatic carbocycles. The van der Waals surface area contributed by atoms with Gasteiger partial charge in [0.1, 0.15) is 10.5 Å². The zero-order chi connectivity index (χ0) is 18.0. The SMILES string of the molecule is C[C@H](CN)Nc1nc2nc(SCc3cccc(F)c3F)nc(N)c2s1. The van der Waals surface area contributed by atoms with Gasteiger partial charge < -0.3 is 16.8 Å². The Kier molecular flexibility index (Phi) is 5.30. The predicted molar refractivity (Wildman–Crippen MR) is 97.7 cm³/mol. The highest BCUT2D eigenvalue weighted by molar-refractivity contribution is 7.98. The van der Waals surface area contributed by atoms with Gasteiger partial charge in [-0.05, 0) is 13.0 Å². The summed E-state index contributed by atoms with van der Waals surface area (Å²) < 4.78 is 27.6. The number of hydrogen-bond donors (Lipinski definition) is 3. The number of rotatable bonds is 6. The lowest BCUT2D eigenvalue weighted by atomic mass is 10.2. The molecule has 25 heavy (non-hydrogen) atoms. The number of thiazole rings is 1. The Bertz CT molecular complexity index is 901. The molecule has 0 aliphatic rings. The Morgan fingerprint density at radius 1 is 1.28 bits per heavy atom. The first-order valence-electron chi connectivity index (χ1n) is 7.44. The van der Waals surface area contributed by atoms with Crippen LogP contribution in [0.15, 0.2) is 23.4 Å². The predicted octanol–water partition coefficient (Wildman–Crippen LogP) is 3.00. The largest absolute Gasteiger partial charge is 0.382 e. The van der Waals surface area contributed by atoms with Crippen molar-refractivity contribution in [3.05, 3.63) is 35.4 Å². The van der Waals surface area contributed by atoms with E-state index < -0.39 is 11.6 Å². The van der Waals surface area contributed by atoms with E-state index in [4.69, 9.17) is 11.5 Å². The molecule has 0 saturated carbocycles. The lowest BCUT2D eigenvalue weighted by Crippen LogP contribution is -2.24. The van der Waals surface area contributed by atoms with Gasteiger partial charge in [0.2, 0.25) is 0 Å². The summed E-state index contributed by atoms with van der Waals surface area (Å²) in [6, 6.07) is 4.13. The van der Waals surface area contributed by atoms with Gasteiger partial charge in [0.25, 0.3) is 0 Å². The molecule has 5 N–H and O–H groups in total. The van der Waals surface area contributed by atoms with Crippen LogP contribution in [0.25, 0.3) is 10.3 Å². The molecule has 6 nitrogen and oxygen atoms in total. The fourth-order valence-electron chi connectivity index (χ4n) is 2.02. The maximum absolute atomic E-state index is 13.7. The molecule has 0 aliphatic carbocycles. The van der Waals surface area contributed by atoms with Gasteiger partial charge in [0, 0.05) is 23.9 Å². The standard InChI is InChI=1S/C15H16F2N6S2/c1-7(5-18)20-15-23-13-11(25-15)12(19)21-14(22-13)24-6-8-3-2-4-9(16)10(8)17/h2-4,7H,5-6,18H2,1H3,(H3,19,20,21,22,23)/t7-/m1/s1. The third-order valence-corrected chi connectivity index (χ3v) is 5.27. The molecule has 0 bridgehead atoms. The summed E-state index contributed by atoms with van der Waals surface area (Å²) in [5.74, 6) is -1.25. The molecule has 2 heterocycles. The van der Waals surface area contributed by atoms with Crippen LogP contribution >= 0.6 is 23.1 Å². The molecule has 10 heteroatoms.